The van der Waals surface area contributed by atoms with Crippen LogP contribution in [0.25, 0.3) is 0 Å². The van der Waals surface area contributed by atoms with Gasteiger partial charge in [0.1, 0.15) is 5.60 Å². The molecule has 8 heteroatoms. The lowest BCUT2D eigenvalue weighted by atomic mass is 9.95. The van der Waals surface area contributed by atoms with Gasteiger partial charge in [-0.1, -0.05) is 11.6 Å². The number of carbonyl (C=O) groups excluding carboxylic acids is 1. The zero-order valence-electron chi connectivity index (χ0n) is 16.5. The van der Waals surface area contributed by atoms with Gasteiger partial charge in [0.2, 0.25) is 0 Å². The molecule has 27 heavy (non-hydrogen) atoms. The molecule has 0 aliphatic carbocycles. The number of ether oxygens (including phenoxy) is 1. The van der Waals surface area contributed by atoms with E-state index in [-0.39, 0.29) is 18.2 Å². The Balaban J connectivity index is 1.53. The number of piperidine rings is 1. The van der Waals surface area contributed by atoms with Gasteiger partial charge in [-0.25, -0.2) is 4.79 Å². The smallest absolute Gasteiger partial charge is 0.410 e. The average Bonchev–Trinajstić information content (AvgIpc) is 2.85. The predicted octanol–water partition coefficient (Wildman–Crippen LogP) is 3.32. The lowest BCUT2D eigenvalue weighted by Gasteiger charge is -2.46. The summed E-state index contributed by atoms with van der Waals surface area (Å²) in [6.45, 7) is 7.60. The zero-order valence-corrected chi connectivity index (χ0v) is 17.2. The second kappa shape index (κ2) is 6.69. The summed E-state index contributed by atoms with van der Waals surface area (Å²) in [6, 6.07) is 2.74. The molecule has 0 radical (unpaired) electrons. The van der Waals surface area contributed by atoms with Crippen molar-refractivity contribution in [2.75, 3.05) is 29.9 Å². The van der Waals surface area contributed by atoms with Gasteiger partial charge in [-0.2, -0.15) is 0 Å². The summed E-state index contributed by atoms with van der Waals surface area (Å²) in [5.41, 5.74) is 0.571. The highest BCUT2D eigenvalue weighted by Gasteiger charge is 2.47. The Morgan fingerprint density at radius 3 is 2.44 bits per heavy atom. The highest BCUT2D eigenvalue weighted by molar-refractivity contribution is 6.29. The summed E-state index contributed by atoms with van der Waals surface area (Å²) >= 11 is 6.06. The van der Waals surface area contributed by atoms with Gasteiger partial charge in [-0.3, -0.25) is 0 Å². The van der Waals surface area contributed by atoms with E-state index in [0.717, 1.165) is 50.3 Å². The van der Waals surface area contributed by atoms with Gasteiger partial charge in [-0.15, -0.1) is 10.2 Å². The van der Waals surface area contributed by atoms with E-state index in [9.17, 15) is 4.79 Å². The van der Waals surface area contributed by atoms with E-state index in [0.29, 0.717) is 11.2 Å². The topological polar surface area (TPSA) is 61.8 Å². The third kappa shape index (κ3) is 3.53. The molecule has 1 aromatic rings. The monoisotopic (exact) mass is 393 g/mol. The number of carbonyl (C=O) groups is 1. The first-order valence-electron chi connectivity index (χ1n) is 9.75. The van der Waals surface area contributed by atoms with Gasteiger partial charge in [-0.05, 0) is 46.5 Å². The number of halogens is 1. The van der Waals surface area contributed by atoms with Crippen LogP contribution in [0.5, 0.6) is 0 Å². The zero-order chi connectivity index (χ0) is 19.3. The lowest BCUT2D eigenvalue weighted by Crippen LogP contribution is -2.55. The summed E-state index contributed by atoms with van der Waals surface area (Å²) in [6.07, 6.45) is 3.83. The summed E-state index contributed by atoms with van der Waals surface area (Å²) in [7, 11) is 2.06. The van der Waals surface area contributed by atoms with E-state index in [1.54, 1.807) is 0 Å². The SMILES string of the molecule is CN1CCN([C@@H]2C[C@H]3CC[C@@H](C2)N3C(=O)OC(C)(C)C)c2nnc(Cl)cc21. The summed E-state index contributed by atoms with van der Waals surface area (Å²) in [4.78, 5) is 19.2. The quantitative estimate of drug-likeness (QED) is 0.729. The standard InChI is InChI=1S/C19H28ClN5O2/c1-19(2,3)27-18(26)25-12-5-6-13(25)10-14(9-12)24-8-7-23(4)15-11-16(20)21-22-17(15)24/h11-14H,5-10H2,1-4H3/t12-,13+,14-. The number of anilines is 2. The van der Waals surface area contributed by atoms with E-state index in [1.807, 2.05) is 31.7 Å². The molecule has 3 atom stereocenters. The van der Waals surface area contributed by atoms with Crippen molar-refractivity contribution in [1.82, 2.24) is 15.1 Å². The van der Waals surface area contributed by atoms with E-state index in [4.69, 9.17) is 16.3 Å². The molecule has 2 saturated heterocycles. The Morgan fingerprint density at radius 1 is 1.15 bits per heavy atom. The highest BCUT2D eigenvalue weighted by atomic mass is 35.5. The molecule has 1 amide bonds. The molecule has 0 saturated carbocycles. The maximum atomic E-state index is 12.7. The Kier molecular flexibility index (Phi) is 4.61. The third-order valence-electron chi connectivity index (χ3n) is 5.84. The summed E-state index contributed by atoms with van der Waals surface area (Å²) < 4.78 is 5.65. The molecular formula is C19H28ClN5O2. The molecular weight excluding hydrogens is 366 g/mol. The molecule has 3 aliphatic rings. The molecule has 0 spiro atoms. The number of hydrogen-bond acceptors (Lipinski definition) is 6. The van der Waals surface area contributed by atoms with Gasteiger partial charge in [0, 0.05) is 44.3 Å². The molecule has 0 unspecified atom stereocenters. The molecule has 2 bridgehead atoms. The van der Waals surface area contributed by atoms with Crippen LogP contribution in [0.4, 0.5) is 16.3 Å². The fourth-order valence-electron chi connectivity index (χ4n) is 4.69. The van der Waals surface area contributed by atoms with Crippen molar-refractivity contribution in [3.05, 3.63) is 11.2 Å². The van der Waals surface area contributed by atoms with Crippen LogP contribution >= 0.6 is 11.6 Å². The predicted molar refractivity (Wildman–Crippen MR) is 106 cm³/mol. The van der Waals surface area contributed by atoms with Crippen molar-refractivity contribution in [3.8, 4) is 0 Å². The van der Waals surface area contributed by atoms with Crippen LogP contribution < -0.4 is 9.80 Å². The van der Waals surface area contributed by atoms with Crippen molar-refractivity contribution in [1.29, 1.82) is 0 Å². The lowest BCUT2D eigenvalue weighted by molar-refractivity contribution is 0.00581. The van der Waals surface area contributed by atoms with Gasteiger partial charge in [0.05, 0.1) is 5.69 Å². The van der Waals surface area contributed by atoms with Gasteiger partial charge in [0.15, 0.2) is 11.0 Å². The van der Waals surface area contributed by atoms with Gasteiger partial charge < -0.3 is 19.4 Å². The van der Waals surface area contributed by atoms with E-state index < -0.39 is 5.60 Å². The Bertz CT molecular complexity index is 723. The Morgan fingerprint density at radius 2 is 1.81 bits per heavy atom. The van der Waals surface area contributed by atoms with Crippen LogP contribution in [0.3, 0.4) is 0 Å². The first kappa shape index (κ1) is 18.6. The minimum atomic E-state index is -0.460. The average molecular weight is 394 g/mol. The fraction of sp³-hybridized carbons (Fsp3) is 0.737. The largest absolute Gasteiger partial charge is 0.444 e. The number of fused-ring (bicyclic) bond motifs is 3. The maximum absolute atomic E-state index is 12.7. The molecule has 148 valence electrons. The summed E-state index contributed by atoms with van der Waals surface area (Å²) in [5.74, 6) is 0.906. The van der Waals surface area contributed by atoms with E-state index in [1.165, 1.54) is 0 Å². The second-order valence-electron chi connectivity index (χ2n) is 8.89. The third-order valence-corrected chi connectivity index (χ3v) is 6.02. The number of nitrogens with zero attached hydrogens (tertiary/aromatic N) is 5. The second-order valence-corrected chi connectivity index (χ2v) is 9.28. The number of rotatable bonds is 1. The summed E-state index contributed by atoms with van der Waals surface area (Å²) in [5, 5.41) is 8.89. The van der Waals surface area contributed by atoms with Gasteiger partial charge >= 0.3 is 6.09 Å². The van der Waals surface area contributed by atoms with Crippen molar-refractivity contribution in [2.45, 2.75) is 70.2 Å². The van der Waals surface area contributed by atoms with Crippen molar-refractivity contribution in [2.24, 2.45) is 0 Å². The first-order valence-corrected chi connectivity index (χ1v) is 10.1. The molecule has 0 aromatic carbocycles. The molecule has 4 rings (SSSR count). The minimum Gasteiger partial charge on any atom is -0.444 e. The highest BCUT2D eigenvalue weighted by Crippen LogP contribution is 2.41. The van der Waals surface area contributed by atoms with Crippen LogP contribution in [-0.4, -0.2) is 65.1 Å². The van der Waals surface area contributed by atoms with Crippen molar-refractivity contribution >= 4 is 29.2 Å². The van der Waals surface area contributed by atoms with Crippen LogP contribution in [0, 0.1) is 0 Å². The Labute approximate surface area is 165 Å². The van der Waals surface area contributed by atoms with Crippen molar-refractivity contribution in [3.63, 3.8) is 0 Å². The maximum Gasteiger partial charge on any atom is 0.410 e. The van der Waals surface area contributed by atoms with Crippen molar-refractivity contribution < 1.29 is 9.53 Å². The fourth-order valence-corrected chi connectivity index (χ4v) is 4.83. The van der Waals surface area contributed by atoms with E-state index >= 15 is 0 Å². The van der Waals surface area contributed by atoms with Crippen LogP contribution in [0.2, 0.25) is 5.15 Å². The van der Waals surface area contributed by atoms with Crippen LogP contribution in [-0.2, 0) is 4.74 Å². The number of amides is 1. The molecule has 0 N–H and O–H groups in total. The minimum absolute atomic E-state index is 0.168. The first-order chi connectivity index (χ1) is 12.7. The molecule has 3 aliphatic heterocycles. The molecule has 4 heterocycles. The van der Waals surface area contributed by atoms with Crippen LogP contribution in [0.15, 0.2) is 6.07 Å². The van der Waals surface area contributed by atoms with Crippen LogP contribution in [0.1, 0.15) is 46.5 Å². The number of hydrogen-bond donors (Lipinski definition) is 0. The number of aromatic nitrogens is 2. The molecule has 1 aromatic heterocycles. The molecule has 7 nitrogen and oxygen atoms in total. The number of likely N-dealkylation sites (N-methyl/N-ethyl adjacent to an activating group) is 1. The Hall–Kier alpha value is -1.76. The van der Waals surface area contributed by atoms with E-state index in [2.05, 4.69) is 27.0 Å². The molecule has 2 fully saturated rings. The normalized spacial score (nSPS) is 27.6. The van der Waals surface area contributed by atoms with Gasteiger partial charge in [0.25, 0.3) is 0 Å².